The summed E-state index contributed by atoms with van der Waals surface area (Å²) in [6.07, 6.45) is 1.48. The van der Waals surface area contributed by atoms with E-state index in [2.05, 4.69) is 0 Å². The van der Waals surface area contributed by atoms with E-state index in [1.165, 1.54) is 11.0 Å². The number of ether oxygens (including phenoxy) is 2. The minimum Gasteiger partial charge on any atom is -0.497 e. The maximum atomic E-state index is 13.1. The minimum atomic E-state index is -3.39. The lowest BCUT2D eigenvalue weighted by molar-refractivity contribution is -0.121. The van der Waals surface area contributed by atoms with Gasteiger partial charge in [0.05, 0.1) is 24.5 Å². The summed E-state index contributed by atoms with van der Waals surface area (Å²) in [7, 11) is -1.79. The molecule has 9 heteroatoms. The number of anilines is 1. The Labute approximate surface area is 204 Å². The first-order chi connectivity index (χ1) is 16.7. The van der Waals surface area contributed by atoms with Gasteiger partial charge in [-0.05, 0) is 62.4 Å². The van der Waals surface area contributed by atoms with Gasteiger partial charge in [0.1, 0.15) is 5.75 Å². The first kappa shape index (κ1) is 24.3. The van der Waals surface area contributed by atoms with Gasteiger partial charge in [-0.25, -0.2) is 13.2 Å². The molecule has 2 aromatic carbocycles. The molecule has 1 aliphatic rings. The van der Waals surface area contributed by atoms with Crippen LogP contribution >= 0.6 is 0 Å². The number of aromatic nitrogens is 1. The molecule has 35 heavy (non-hydrogen) atoms. The highest BCUT2D eigenvalue weighted by atomic mass is 32.2. The standard InChI is InChI=1S/C26H26N2O6S/c1-18-15-24(19(2)27(18)21-9-11-23(33-3)12-10-21)26(30)34-16-25(29)28(20-7-5-4-6-8-20)22-13-14-35(31,32)17-22/h4-15,22H,16-17H2,1-3H3. The van der Waals surface area contributed by atoms with Crippen LogP contribution in [0, 0.1) is 13.8 Å². The van der Waals surface area contributed by atoms with Crippen molar-refractivity contribution in [3.63, 3.8) is 0 Å². The van der Waals surface area contributed by atoms with Crippen LogP contribution in [0.1, 0.15) is 21.7 Å². The van der Waals surface area contributed by atoms with Crippen LogP contribution in [-0.4, -0.2) is 50.4 Å². The molecule has 0 saturated heterocycles. The van der Waals surface area contributed by atoms with Gasteiger partial charge in [-0.15, -0.1) is 0 Å². The molecule has 2 heterocycles. The second kappa shape index (κ2) is 9.79. The molecule has 3 aromatic rings. The first-order valence-corrected chi connectivity index (χ1v) is 12.7. The van der Waals surface area contributed by atoms with Gasteiger partial charge < -0.3 is 18.9 Å². The molecule has 0 N–H and O–H groups in total. The van der Waals surface area contributed by atoms with E-state index in [9.17, 15) is 18.0 Å². The average Bonchev–Trinajstić information content (AvgIpc) is 3.35. The minimum absolute atomic E-state index is 0.218. The number of carbonyl (C=O) groups excluding carboxylic acids is 2. The summed E-state index contributed by atoms with van der Waals surface area (Å²) in [5, 5.41) is 1.11. The predicted octanol–water partition coefficient (Wildman–Crippen LogP) is 3.60. The van der Waals surface area contributed by atoms with Crippen LogP contribution in [0.5, 0.6) is 5.75 Å². The third-order valence-corrected chi connectivity index (χ3v) is 7.23. The summed E-state index contributed by atoms with van der Waals surface area (Å²) in [6, 6.07) is 17.2. The van der Waals surface area contributed by atoms with Crippen molar-refractivity contribution in [2.24, 2.45) is 0 Å². The fraction of sp³-hybridized carbons (Fsp3) is 0.231. The molecule has 0 spiro atoms. The molecule has 0 radical (unpaired) electrons. The van der Waals surface area contributed by atoms with Crippen LogP contribution in [0.25, 0.3) is 5.69 Å². The van der Waals surface area contributed by atoms with Crippen LogP contribution in [0.4, 0.5) is 5.69 Å². The first-order valence-electron chi connectivity index (χ1n) is 11.0. The normalized spacial score (nSPS) is 16.1. The van der Waals surface area contributed by atoms with Crippen molar-refractivity contribution in [3.8, 4) is 11.4 Å². The van der Waals surface area contributed by atoms with E-state index in [4.69, 9.17) is 9.47 Å². The monoisotopic (exact) mass is 494 g/mol. The molecule has 0 bridgehead atoms. The highest BCUT2D eigenvalue weighted by Gasteiger charge is 2.32. The Morgan fingerprint density at radius 3 is 2.34 bits per heavy atom. The number of amides is 1. The number of carbonyl (C=O) groups is 2. The summed E-state index contributed by atoms with van der Waals surface area (Å²) in [6.45, 7) is 3.16. The molecule has 1 aliphatic heterocycles. The lowest BCUT2D eigenvalue weighted by atomic mass is 10.2. The molecule has 4 rings (SSSR count). The fourth-order valence-corrected chi connectivity index (χ4v) is 5.47. The predicted molar refractivity (Wildman–Crippen MR) is 133 cm³/mol. The number of aryl methyl sites for hydroxylation is 1. The summed E-state index contributed by atoms with van der Waals surface area (Å²) < 4.78 is 36.4. The second-order valence-electron chi connectivity index (χ2n) is 8.22. The quantitative estimate of drug-likeness (QED) is 0.466. The summed E-state index contributed by atoms with van der Waals surface area (Å²) >= 11 is 0. The van der Waals surface area contributed by atoms with Crippen LogP contribution in [0.3, 0.4) is 0 Å². The summed E-state index contributed by atoms with van der Waals surface area (Å²) in [5.41, 5.74) is 3.24. The number of sulfone groups is 1. The topological polar surface area (TPSA) is 94.9 Å². The van der Waals surface area contributed by atoms with Gasteiger partial charge in [0, 0.05) is 28.2 Å². The number of rotatable bonds is 7. The number of para-hydroxylation sites is 1. The third kappa shape index (κ3) is 5.14. The maximum absolute atomic E-state index is 13.1. The maximum Gasteiger partial charge on any atom is 0.340 e. The number of esters is 1. The van der Waals surface area contributed by atoms with E-state index in [1.54, 1.807) is 50.4 Å². The number of benzene rings is 2. The van der Waals surface area contributed by atoms with Crippen molar-refractivity contribution in [1.29, 1.82) is 0 Å². The smallest absolute Gasteiger partial charge is 0.340 e. The lowest BCUT2D eigenvalue weighted by Gasteiger charge is -2.27. The van der Waals surface area contributed by atoms with E-state index in [0.717, 1.165) is 22.5 Å². The molecule has 1 aromatic heterocycles. The molecular weight excluding hydrogens is 468 g/mol. The zero-order valence-corrected chi connectivity index (χ0v) is 20.5. The van der Waals surface area contributed by atoms with Crippen LogP contribution in [-0.2, 0) is 19.4 Å². The Bertz CT molecular complexity index is 1380. The van der Waals surface area contributed by atoms with E-state index in [0.29, 0.717) is 16.9 Å². The lowest BCUT2D eigenvalue weighted by Crippen LogP contribution is -2.43. The van der Waals surface area contributed by atoms with E-state index < -0.39 is 34.4 Å². The molecule has 0 fully saturated rings. The molecule has 1 unspecified atom stereocenters. The average molecular weight is 495 g/mol. The molecular formula is C26H26N2O6S. The zero-order valence-electron chi connectivity index (χ0n) is 19.7. The Balaban J connectivity index is 1.52. The number of hydrogen-bond acceptors (Lipinski definition) is 6. The van der Waals surface area contributed by atoms with Crippen LogP contribution in [0.15, 0.2) is 72.1 Å². The number of methoxy groups -OCH3 is 1. The zero-order chi connectivity index (χ0) is 25.2. The van der Waals surface area contributed by atoms with Crippen molar-refractivity contribution in [2.75, 3.05) is 24.4 Å². The highest BCUT2D eigenvalue weighted by molar-refractivity contribution is 7.94. The fourth-order valence-electron chi connectivity index (χ4n) is 4.20. The third-order valence-electron chi connectivity index (χ3n) is 5.85. The highest BCUT2D eigenvalue weighted by Crippen LogP contribution is 2.25. The number of hydrogen-bond donors (Lipinski definition) is 0. The molecule has 1 amide bonds. The van der Waals surface area contributed by atoms with E-state index in [1.807, 2.05) is 35.8 Å². The number of nitrogens with zero attached hydrogens (tertiary/aromatic N) is 2. The van der Waals surface area contributed by atoms with Crippen molar-refractivity contribution in [3.05, 3.63) is 89.1 Å². The van der Waals surface area contributed by atoms with Gasteiger partial charge in [0.15, 0.2) is 16.4 Å². The molecule has 182 valence electrons. The largest absolute Gasteiger partial charge is 0.497 e. The van der Waals surface area contributed by atoms with Crippen LogP contribution in [0.2, 0.25) is 0 Å². The molecule has 0 aliphatic carbocycles. The van der Waals surface area contributed by atoms with Crippen LogP contribution < -0.4 is 9.64 Å². The van der Waals surface area contributed by atoms with Crippen molar-refractivity contribution in [1.82, 2.24) is 4.57 Å². The Hall–Kier alpha value is -3.85. The molecule has 0 saturated carbocycles. The molecule has 8 nitrogen and oxygen atoms in total. The summed E-state index contributed by atoms with van der Waals surface area (Å²) in [5.74, 6) is -0.638. The van der Waals surface area contributed by atoms with Gasteiger partial charge in [-0.3, -0.25) is 4.79 Å². The summed E-state index contributed by atoms with van der Waals surface area (Å²) in [4.78, 5) is 27.4. The van der Waals surface area contributed by atoms with Gasteiger partial charge in [-0.2, -0.15) is 0 Å². The van der Waals surface area contributed by atoms with Gasteiger partial charge >= 0.3 is 5.97 Å². The second-order valence-corrected chi connectivity index (χ2v) is 10.2. The van der Waals surface area contributed by atoms with Gasteiger partial charge in [-0.1, -0.05) is 18.2 Å². The van der Waals surface area contributed by atoms with Gasteiger partial charge in [0.25, 0.3) is 5.91 Å². The van der Waals surface area contributed by atoms with E-state index >= 15 is 0 Å². The van der Waals surface area contributed by atoms with Crippen molar-refractivity contribution >= 4 is 27.4 Å². The molecule has 1 atom stereocenters. The Morgan fingerprint density at radius 1 is 1.06 bits per heavy atom. The Kier molecular flexibility index (Phi) is 6.79. The van der Waals surface area contributed by atoms with Crippen molar-refractivity contribution in [2.45, 2.75) is 19.9 Å². The van der Waals surface area contributed by atoms with Gasteiger partial charge in [0.2, 0.25) is 0 Å². The van der Waals surface area contributed by atoms with Crippen molar-refractivity contribution < 1.29 is 27.5 Å². The Morgan fingerprint density at radius 2 is 1.74 bits per heavy atom. The van der Waals surface area contributed by atoms with E-state index in [-0.39, 0.29) is 5.75 Å². The SMILES string of the molecule is COc1ccc(-n2c(C)cc(C(=O)OCC(=O)N(c3ccccc3)C3C=CS(=O)(=O)C3)c2C)cc1.